The Kier molecular flexibility index (Phi) is 6.32. The fourth-order valence-electron chi connectivity index (χ4n) is 1.37. The maximum Gasteiger partial charge on any atom is 0.142 e. The standard InChI is InChI=1S/C12H16BrClFN/c1-2-10(13)6-7-16-8-9-4-3-5-11(15)12(9)14/h3-5,10,16H,2,6-8H2,1H3. The van der Waals surface area contributed by atoms with Gasteiger partial charge in [-0.1, -0.05) is 46.6 Å². The second-order valence-electron chi connectivity index (χ2n) is 3.68. The summed E-state index contributed by atoms with van der Waals surface area (Å²) in [5.41, 5.74) is 0.810. The number of rotatable bonds is 6. The molecule has 0 radical (unpaired) electrons. The van der Waals surface area contributed by atoms with Crippen molar-refractivity contribution in [1.82, 2.24) is 5.32 Å². The van der Waals surface area contributed by atoms with Gasteiger partial charge in [0.05, 0.1) is 5.02 Å². The van der Waals surface area contributed by atoms with Crippen molar-refractivity contribution in [2.45, 2.75) is 31.1 Å². The Hall–Kier alpha value is -0.120. The van der Waals surface area contributed by atoms with Gasteiger partial charge in [0.15, 0.2) is 0 Å². The zero-order chi connectivity index (χ0) is 12.0. The van der Waals surface area contributed by atoms with Gasteiger partial charge in [0.25, 0.3) is 0 Å². The summed E-state index contributed by atoms with van der Waals surface area (Å²) >= 11 is 9.40. The van der Waals surface area contributed by atoms with E-state index in [0.29, 0.717) is 11.4 Å². The molecule has 1 rings (SSSR count). The van der Waals surface area contributed by atoms with Crippen molar-refractivity contribution >= 4 is 27.5 Å². The van der Waals surface area contributed by atoms with E-state index in [1.165, 1.54) is 6.07 Å². The van der Waals surface area contributed by atoms with Crippen LogP contribution in [0.4, 0.5) is 4.39 Å². The van der Waals surface area contributed by atoms with Crippen LogP contribution in [0.25, 0.3) is 0 Å². The molecule has 1 atom stereocenters. The van der Waals surface area contributed by atoms with Gasteiger partial charge in [-0.05, 0) is 31.0 Å². The van der Waals surface area contributed by atoms with Crippen LogP contribution in [0, 0.1) is 5.82 Å². The van der Waals surface area contributed by atoms with Gasteiger partial charge in [-0.3, -0.25) is 0 Å². The molecule has 0 saturated carbocycles. The molecule has 1 N–H and O–H groups in total. The highest BCUT2D eigenvalue weighted by Gasteiger charge is 2.05. The molecule has 0 amide bonds. The first kappa shape index (κ1) is 13.9. The van der Waals surface area contributed by atoms with E-state index in [2.05, 4.69) is 28.2 Å². The fraction of sp³-hybridized carbons (Fsp3) is 0.500. The molecule has 0 saturated heterocycles. The molecule has 1 aromatic carbocycles. The highest BCUT2D eigenvalue weighted by atomic mass is 79.9. The van der Waals surface area contributed by atoms with Crippen molar-refractivity contribution < 1.29 is 4.39 Å². The van der Waals surface area contributed by atoms with Gasteiger partial charge in [-0.2, -0.15) is 0 Å². The molecule has 0 fully saturated rings. The van der Waals surface area contributed by atoms with Gasteiger partial charge in [-0.15, -0.1) is 0 Å². The molecule has 0 aliphatic carbocycles. The molecule has 4 heteroatoms. The Morgan fingerprint density at radius 1 is 1.50 bits per heavy atom. The Morgan fingerprint density at radius 2 is 2.25 bits per heavy atom. The summed E-state index contributed by atoms with van der Waals surface area (Å²) in [4.78, 5) is 0.544. The molecule has 0 aliphatic heterocycles. The quantitative estimate of drug-likeness (QED) is 0.615. The first-order valence-electron chi connectivity index (χ1n) is 5.42. The first-order chi connectivity index (χ1) is 7.65. The van der Waals surface area contributed by atoms with Gasteiger partial charge in [0.2, 0.25) is 0 Å². The normalized spacial score (nSPS) is 12.8. The van der Waals surface area contributed by atoms with Crippen molar-refractivity contribution in [3.63, 3.8) is 0 Å². The van der Waals surface area contributed by atoms with Gasteiger partial charge in [0, 0.05) is 11.4 Å². The largest absolute Gasteiger partial charge is 0.313 e. The second kappa shape index (κ2) is 7.25. The molecular formula is C12H16BrClFN. The van der Waals surface area contributed by atoms with E-state index in [0.717, 1.165) is 24.9 Å². The van der Waals surface area contributed by atoms with E-state index in [1.54, 1.807) is 6.07 Å². The molecule has 90 valence electrons. The first-order valence-corrected chi connectivity index (χ1v) is 6.72. The maximum atomic E-state index is 13.1. The number of alkyl halides is 1. The smallest absolute Gasteiger partial charge is 0.142 e. The molecule has 0 spiro atoms. The summed E-state index contributed by atoms with van der Waals surface area (Å²) < 4.78 is 13.1. The number of halogens is 3. The Labute approximate surface area is 110 Å². The average molecular weight is 309 g/mol. The predicted molar refractivity (Wildman–Crippen MR) is 70.7 cm³/mol. The lowest BCUT2D eigenvalue weighted by atomic mass is 10.2. The predicted octanol–water partition coefficient (Wildman–Crippen LogP) is 4.13. The lowest BCUT2D eigenvalue weighted by Crippen LogP contribution is -2.18. The van der Waals surface area contributed by atoms with Crippen molar-refractivity contribution in [2.24, 2.45) is 0 Å². The molecule has 1 unspecified atom stereocenters. The van der Waals surface area contributed by atoms with Crippen LogP contribution < -0.4 is 5.32 Å². The Bertz CT molecular complexity index is 333. The van der Waals surface area contributed by atoms with Crippen LogP contribution in [-0.2, 0) is 6.54 Å². The number of hydrogen-bond acceptors (Lipinski definition) is 1. The molecule has 1 nitrogen and oxygen atoms in total. The maximum absolute atomic E-state index is 13.1. The summed E-state index contributed by atoms with van der Waals surface area (Å²) in [5.74, 6) is -0.354. The third kappa shape index (κ3) is 4.40. The molecule has 0 aromatic heterocycles. The molecule has 0 heterocycles. The number of nitrogens with one attached hydrogen (secondary N) is 1. The van der Waals surface area contributed by atoms with Crippen LogP contribution in [0.5, 0.6) is 0 Å². The van der Waals surface area contributed by atoms with Crippen molar-refractivity contribution in [2.75, 3.05) is 6.54 Å². The molecule has 0 bridgehead atoms. The third-order valence-electron chi connectivity index (χ3n) is 2.42. The summed E-state index contributed by atoms with van der Waals surface area (Å²) in [7, 11) is 0. The van der Waals surface area contributed by atoms with Gasteiger partial charge in [-0.25, -0.2) is 4.39 Å². The van der Waals surface area contributed by atoms with Crippen LogP contribution >= 0.6 is 27.5 Å². The number of hydrogen-bond donors (Lipinski definition) is 1. The molecule has 16 heavy (non-hydrogen) atoms. The monoisotopic (exact) mass is 307 g/mol. The fourth-order valence-corrected chi connectivity index (χ4v) is 1.79. The Morgan fingerprint density at radius 3 is 2.94 bits per heavy atom. The lowest BCUT2D eigenvalue weighted by Gasteiger charge is -2.09. The van der Waals surface area contributed by atoms with Crippen LogP contribution in [-0.4, -0.2) is 11.4 Å². The topological polar surface area (TPSA) is 12.0 Å². The van der Waals surface area contributed by atoms with Gasteiger partial charge in [0.1, 0.15) is 5.82 Å². The van der Waals surface area contributed by atoms with Gasteiger partial charge < -0.3 is 5.32 Å². The average Bonchev–Trinajstić information content (AvgIpc) is 2.29. The molecule has 1 aromatic rings. The summed E-state index contributed by atoms with van der Waals surface area (Å²) in [5, 5.41) is 3.48. The van der Waals surface area contributed by atoms with E-state index >= 15 is 0 Å². The highest BCUT2D eigenvalue weighted by molar-refractivity contribution is 9.09. The minimum atomic E-state index is -0.354. The lowest BCUT2D eigenvalue weighted by molar-refractivity contribution is 0.611. The van der Waals surface area contributed by atoms with Crippen molar-refractivity contribution in [3.05, 3.63) is 34.6 Å². The summed E-state index contributed by atoms with van der Waals surface area (Å²) in [6.45, 7) is 3.65. The zero-order valence-corrected chi connectivity index (χ0v) is 11.6. The third-order valence-corrected chi connectivity index (χ3v) is 3.95. The number of benzene rings is 1. The molecule has 0 aliphatic rings. The summed E-state index contributed by atoms with van der Waals surface area (Å²) in [6.07, 6.45) is 2.17. The minimum absolute atomic E-state index is 0.223. The van der Waals surface area contributed by atoms with E-state index in [4.69, 9.17) is 11.6 Å². The summed E-state index contributed by atoms with van der Waals surface area (Å²) in [6, 6.07) is 4.89. The SMILES string of the molecule is CCC(Br)CCNCc1cccc(F)c1Cl. The van der Waals surface area contributed by atoms with Crippen LogP contribution in [0.15, 0.2) is 18.2 Å². The highest BCUT2D eigenvalue weighted by Crippen LogP contribution is 2.19. The van der Waals surface area contributed by atoms with Crippen LogP contribution in [0.1, 0.15) is 25.3 Å². The van der Waals surface area contributed by atoms with E-state index < -0.39 is 0 Å². The zero-order valence-electron chi connectivity index (χ0n) is 9.27. The van der Waals surface area contributed by atoms with Crippen LogP contribution in [0.2, 0.25) is 5.02 Å². The van der Waals surface area contributed by atoms with Crippen molar-refractivity contribution in [3.8, 4) is 0 Å². The Balaban J connectivity index is 2.35. The van der Waals surface area contributed by atoms with E-state index in [-0.39, 0.29) is 10.8 Å². The van der Waals surface area contributed by atoms with Gasteiger partial charge >= 0.3 is 0 Å². The second-order valence-corrected chi connectivity index (χ2v) is 5.36. The van der Waals surface area contributed by atoms with E-state index in [9.17, 15) is 4.39 Å². The van der Waals surface area contributed by atoms with Crippen molar-refractivity contribution in [1.29, 1.82) is 0 Å². The molecular weight excluding hydrogens is 292 g/mol. The van der Waals surface area contributed by atoms with E-state index in [1.807, 2.05) is 6.07 Å². The minimum Gasteiger partial charge on any atom is -0.313 e. The van der Waals surface area contributed by atoms with Crippen LogP contribution in [0.3, 0.4) is 0 Å².